The van der Waals surface area contributed by atoms with Crippen LogP contribution in [0.25, 0.3) is 11.2 Å². The van der Waals surface area contributed by atoms with Gasteiger partial charge in [-0.25, -0.2) is 24.1 Å². The van der Waals surface area contributed by atoms with Gasteiger partial charge >= 0.3 is 5.69 Å². The molecule has 19 nitrogen and oxygen atoms in total. The highest BCUT2D eigenvalue weighted by atomic mass is 31.2. The van der Waals surface area contributed by atoms with Crippen LogP contribution in [0, 0.1) is 5.92 Å². The second-order valence-electron chi connectivity index (χ2n) is 12.1. The minimum atomic E-state index is -4.93. The van der Waals surface area contributed by atoms with Gasteiger partial charge in [-0.15, -0.1) is 0 Å². The third kappa shape index (κ3) is 8.24. The minimum absolute atomic E-state index is 0.00580. The number of fused-ring (bicyclic) bond motifs is 1. The fourth-order valence-corrected chi connectivity index (χ4v) is 6.89. The van der Waals surface area contributed by atoms with E-state index >= 15 is 4.39 Å². The Hall–Kier alpha value is -3.62. The quantitative estimate of drug-likeness (QED) is 0.189. The fraction of sp³-hybridized carbons (Fsp3) is 0.643. The van der Waals surface area contributed by atoms with Crippen molar-refractivity contribution < 1.29 is 46.6 Å². The van der Waals surface area contributed by atoms with Crippen LogP contribution in [0.2, 0.25) is 0 Å². The molecule has 5 heterocycles. The Morgan fingerprint density at radius 2 is 1.84 bits per heavy atom. The van der Waals surface area contributed by atoms with Crippen LogP contribution in [0.1, 0.15) is 46.6 Å². The molecule has 21 heteroatoms. The third-order valence-corrected chi connectivity index (χ3v) is 9.11. The van der Waals surface area contributed by atoms with E-state index in [1.165, 1.54) is 50.4 Å². The molecule has 9 atom stereocenters. The predicted octanol–water partition coefficient (Wildman–Crippen LogP) is 0.222. The van der Waals surface area contributed by atoms with Crippen molar-refractivity contribution in [3.63, 3.8) is 0 Å². The molecule has 2 fully saturated rings. The van der Waals surface area contributed by atoms with E-state index in [1.807, 2.05) is 13.8 Å². The molecule has 0 spiro atoms. The highest BCUT2D eigenvalue weighted by molar-refractivity contribution is 7.45. The van der Waals surface area contributed by atoms with E-state index in [2.05, 4.69) is 25.3 Å². The Morgan fingerprint density at radius 3 is 2.51 bits per heavy atom. The van der Waals surface area contributed by atoms with Crippen molar-refractivity contribution in [2.75, 3.05) is 31.7 Å². The number of hydrogen-bond acceptors (Lipinski definition) is 16. The van der Waals surface area contributed by atoms with E-state index < -0.39 is 74.5 Å². The smallest absolute Gasteiger partial charge is 0.351 e. The van der Waals surface area contributed by atoms with Gasteiger partial charge in [0.15, 0.2) is 30.1 Å². The van der Waals surface area contributed by atoms with Gasteiger partial charge in [0.25, 0.3) is 7.82 Å². The summed E-state index contributed by atoms with van der Waals surface area (Å²) >= 11 is 0. The molecular formula is C28H40FN9O10P-. The zero-order valence-electron chi connectivity index (χ0n) is 27.4. The topological polar surface area (TPSA) is 255 Å². The lowest BCUT2D eigenvalue weighted by Gasteiger charge is -2.31. The summed E-state index contributed by atoms with van der Waals surface area (Å²) in [5, 5.41) is 2.67. The van der Waals surface area contributed by atoms with Crippen LogP contribution < -0.4 is 27.4 Å². The van der Waals surface area contributed by atoms with Crippen LogP contribution in [-0.4, -0.2) is 98.0 Å². The van der Waals surface area contributed by atoms with Crippen LogP contribution in [0.3, 0.4) is 0 Å². The van der Waals surface area contributed by atoms with Crippen molar-refractivity contribution in [3.05, 3.63) is 35.4 Å². The van der Waals surface area contributed by atoms with E-state index in [-0.39, 0.29) is 48.5 Å². The number of phosphoric acid groups is 1. The van der Waals surface area contributed by atoms with Gasteiger partial charge in [0.05, 0.1) is 31.2 Å². The molecule has 0 bridgehead atoms. The molecule has 1 unspecified atom stereocenters. The number of aromatic nitrogens is 6. The van der Waals surface area contributed by atoms with Gasteiger partial charge in [-0.3, -0.25) is 18.5 Å². The van der Waals surface area contributed by atoms with E-state index in [0.717, 1.165) is 4.57 Å². The Morgan fingerprint density at radius 1 is 1.10 bits per heavy atom. The number of halogens is 1. The molecule has 0 saturated carbocycles. The molecule has 0 aliphatic carbocycles. The molecular weight excluding hydrogens is 672 g/mol. The first-order chi connectivity index (χ1) is 23.2. The largest absolute Gasteiger partial charge is 0.756 e. The first-order valence-electron chi connectivity index (χ1n) is 15.5. The van der Waals surface area contributed by atoms with Crippen molar-refractivity contribution in [2.45, 2.75) is 89.4 Å². The fourth-order valence-electron chi connectivity index (χ4n) is 5.77. The number of anilines is 2. The van der Waals surface area contributed by atoms with Crippen molar-refractivity contribution in [1.82, 2.24) is 34.4 Å². The minimum Gasteiger partial charge on any atom is -0.756 e. The lowest BCUT2D eigenvalue weighted by Crippen LogP contribution is -2.43. The van der Waals surface area contributed by atoms with Gasteiger partial charge in [-0.05, 0) is 33.8 Å². The van der Waals surface area contributed by atoms with Crippen LogP contribution in [0.4, 0.5) is 16.0 Å². The number of ether oxygens (including phenoxy) is 4. The molecule has 3 aromatic rings. The molecule has 2 saturated heterocycles. The number of alkyl halides is 1. The zero-order valence-corrected chi connectivity index (χ0v) is 28.3. The van der Waals surface area contributed by atoms with E-state index in [1.54, 1.807) is 0 Å². The first kappa shape index (κ1) is 36.7. The summed E-state index contributed by atoms with van der Waals surface area (Å²) in [5.41, 5.74) is 11.3. The monoisotopic (exact) mass is 712 g/mol. The van der Waals surface area contributed by atoms with Crippen molar-refractivity contribution >= 4 is 36.5 Å². The number of rotatable bonds is 14. The Balaban J connectivity index is 1.34. The second-order valence-corrected chi connectivity index (χ2v) is 13.4. The number of nitrogens with zero attached hydrogens (tertiary/aromatic N) is 6. The number of phosphoric ester groups is 1. The van der Waals surface area contributed by atoms with Crippen LogP contribution in [-0.2, 0) is 37.4 Å². The second kappa shape index (κ2) is 15.1. The number of carbonyl (C=O) groups excluding carboxylic acids is 1. The number of nitrogen functional groups attached to an aromatic ring is 2. The average Bonchev–Trinajstić information content (AvgIpc) is 3.68. The van der Waals surface area contributed by atoms with Gasteiger partial charge in [0, 0.05) is 32.2 Å². The number of hydrogen-bond donors (Lipinski definition) is 3. The maximum Gasteiger partial charge on any atom is 0.351 e. The first-order valence-corrected chi connectivity index (χ1v) is 17.0. The molecule has 2 aliphatic rings. The summed E-state index contributed by atoms with van der Waals surface area (Å²) in [7, 11) is -3.66. The standard InChI is InChI=1S/C28H41FN9O10P/c1-13(2)44-10-17-15(20(29)26(46-17)38-12-35-21-24(31)33-11-34-25(21)38)8-19(39)32-9-16-22(48-49(41,42)47-14(3)4)23(43-5)27(45-16)37-7-6-18(30)36-28(37)40/h6-7,11-17,20,22-23,26-27H,8-10H2,1-5H3,(H,32,39)(H,41,42)(H2,30,36,40)(H2,31,33,34)/p-1/t15-,16-,17-,20-,22-,23-,26-,27-/m1/s1. The molecule has 5 N–H and O–H groups in total. The summed E-state index contributed by atoms with van der Waals surface area (Å²) in [6, 6.07) is 1.35. The third-order valence-electron chi connectivity index (χ3n) is 7.92. The van der Waals surface area contributed by atoms with Gasteiger partial charge in [0.1, 0.15) is 36.0 Å². The summed E-state index contributed by atoms with van der Waals surface area (Å²) in [4.78, 5) is 54.7. The van der Waals surface area contributed by atoms with Crippen molar-refractivity contribution in [3.8, 4) is 0 Å². The lowest BCUT2D eigenvalue weighted by atomic mass is 9.95. The number of carbonyl (C=O) groups is 1. The van der Waals surface area contributed by atoms with E-state index in [4.69, 9.17) is 39.5 Å². The molecule has 5 rings (SSSR count). The van der Waals surface area contributed by atoms with Crippen molar-refractivity contribution in [1.29, 1.82) is 0 Å². The predicted molar refractivity (Wildman–Crippen MR) is 167 cm³/mol. The summed E-state index contributed by atoms with van der Waals surface area (Å²) in [6.45, 7) is 6.30. The van der Waals surface area contributed by atoms with Gasteiger partial charge in [0.2, 0.25) is 5.91 Å². The van der Waals surface area contributed by atoms with Crippen LogP contribution >= 0.6 is 7.82 Å². The molecule has 2 aliphatic heterocycles. The van der Waals surface area contributed by atoms with Crippen LogP contribution in [0.5, 0.6) is 0 Å². The number of nitrogens with one attached hydrogen (secondary N) is 1. The maximum atomic E-state index is 16.2. The summed E-state index contributed by atoms with van der Waals surface area (Å²) in [6.07, 6.45) is -6.12. The highest BCUT2D eigenvalue weighted by Crippen LogP contribution is 2.46. The Labute approximate surface area is 280 Å². The summed E-state index contributed by atoms with van der Waals surface area (Å²) in [5.74, 6) is -1.51. The number of nitrogens with two attached hydrogens (primary N) is 2. The molecule has 0 radical (unpaired) electrons. The lowest BCUT2D eigenvalue weighted by molar-refractivity contribution is -0.236. The number of methoxy groups -OCH3 is 1. The van der Waals surface area contributed by atoms with E-state index in [0.29, 0.717) is 0 Å². The molecule has 3 aromatic heterocycles. The zero-order chi connectivity index (χ0) is 35.6. The SMILES string of the molecule is CO[C@@H]1[C@H](OP(=O)([O-])OC(C)C)[C@@H](CNC(=O)C[C@H]2[C@@H](F)[C@H](n3cnc4c(N)ncnc43)O[C@@H]2COC(C)C)O[C@H]1n1ccc(N)nc1=O. The molecule has 270 valence electrons. The normalized spacial score (nSPS) is 28.4. The van der Waals surface area contributed by atoms with Gasteiger partial charge < -0.3 is 49.7 Å². The van der Waals surface area contributed by atoms with Crippen LogP contribution in [0.15, 0.2) is 29.7 Å². The Kier molecular flexibility index (Phi) is 11.3. The highest BCUT2D eigenvalue weighted by Gasteiger charge is 2.50. The number of amides is 1. The van der Waals surface area contributed by atoms with Gasteiger partial charge in [-0.1, -0.05) is 0 Å². The molecule has 0 aromatic carbocycles. The maximum absolute atomic E-state index is 16.2. The Bertz CT molecular complexity index is 1730. The van der Waals surface area contributed by atoms with Gasteiger partial charge in [-0.2, -0.15) is 4.98 Å². The molecule has 49 heavy (non-hydrogen) atoms. The summed E-state index contributed by atoms with van der Waals surface area (Å²) < 4.78 is 65.1. The van der Waals surface area contributed by atoms with Crippen molar-refractivity contribution in [2.24, 2.45) is 5.92 Å². The molecule has 1 amide bonds. The number of imidazole rings is 1. The van der Waals surface area contributed by atoms with E-state index in [9.17, 15) is 19.0 Å². The average molecular weight is 713 g/mol.